The number of para-hydroxylation sites is 1. The molecule has 7 heteroatoms. The van der Waals surface area contributed by atoms with Gasteiger partial charge >= 0.3 is 0 Å². The number of thiocarbonyl (C=S) groups is 1. The SMILES string of the molecule is CC(C)(C)NC(=O)C[NH+]1CCCN(C(=S)Nc2ccccc2F)CC1. The molecule has 1 heterocycles. The predicted molar refractivity (Wildman–Crippen MR) is 102 cm³/mol. The fourth-order valence-electron chi connectivity index (χ4n) is 2.88. The van der Waals surface area contributed by atoms with Gasteiger partial charge in [-0.1, -0.05) is 12.1 Å². The normalized spacial score (nSPS) is 18.4. The van der Waals surface area contributed by atoms with Crippen molar-refractivity contribution in [1.82, 2.24) is 10.2 Å². The summed E-state index contributed by atoms with van der Waals surface area (Å²) in [5.41, 5.74) is 0.185. The number of hydrogen-bond donors (Lipinski definition) is 3. The van der Waals surface area contributed by atoms with E-state index in [1.54, 1.807) is 18.2 Å². The van der Waals surface area contributed by atoms with E-state index >= 15 is 0 Å². The molecule has 1 atom stereocenters. The average Bonchev–Trinajstić information content (AvgIpc) is 2.73. The molecule has 25 heavy (non-hydrogen) atoms. The van der Waals surface area contributed by atoms with Crippen molar-refractivity contribution in [2.45, 2.75) is 32.7 Å². The van der Waals surface area contributed by atoms with Crippen LogP contribution in [0.5, 0.6) is 0 Å². The Labute approximate surface area is 154 Å². The summed E-state index contributed by atoms with van der Waals surface area (Å²) in [6, 6.07) is 6.51. The van der Waals surface area contributed by atoms with Crippen LogP contribution in [0.25, 0.3) is 0 Å². The van der Waals surface area contributed by atoms with Gasteiger partial charge in [-0.05, 0) is 45.1 Å². The van der Waals surface area contributed by atoms with Crippen LogP contribution >= 0.6 is 12.2 Å². The van der Waals surface area contributed by atoms with Crippen molar-refractivity contribution < 1.29 is 14.1 Å². The summed E-state index contributed by atoms with van der Waals surface area (Å²) in [7, 11) is 0. The molecule has 0 aliphatic carbocycles. The summed E-state index contributed by atoms with van der Waals surface area (Å²) in [6.07, 6.45) is 0.942. The number of nitrogens with zero attached hydrogens (tertiary/aromatic N) is 1. The van der Waals surface area contributed by atoms with Crippen LogP contribution < -0.4 is 15.5 Å². The third-order valence-electron chi connectivity index (χ3n) is 4.02. The molecular weight excluding hydrogens is 339 g/mol. The van der Waals surface area contributed by atoms with E-state index in [1.165, 1.54) is 11.0 Å². The number of quaternary nitrogens is 1. The van der Waals surface area contributed by atoms with Crippen molar-refractivity contribution in [3.63, 3.8) is 0 Å². The Morgan fingerprint density at radius 3 is 2.68 bits per heavy atom. The highest BCUT2D eigenvalue weighted by atomic mass is 32.1. The standard InChI is InChI=1S/C18H27FN4OS/c1-18(2,3)21-16(24)13-22-9-6-10-23(12-11-22)17(25)20-15-8-5-4-7-14(15)19/h4-5,7-8H,6,9-13H2,1-3H3,(H,20,25)(H,21,24)/p+1. The summed E-state index contributed by atoms with van der Waals surface area (Å²) in [5, 5.41) is 6.53. The lowest BCUT2D eigenvalue weighted by Gasteiger charge is -2.24. The molecule has 138 valence electrons. The first kappa shape index (κ1) is 19.6. The Kier molecular flexibility index (Phi) is 6.72. The lowest BCUT2D eigenvalue weighted by molar-refractivity contribution is -0.889. The Bertz CT molecular complexity index is 617. The van der Waals surface area contributed by atoms with Crippen molar-refractivity contribution in [2.75, 3.05) is 38.0 Å². The van der Waals surface area contributed by atoms with E-state index in [0.717, 1.165) is 32.6 Å². The maximum absolute atomic E-state index is 13.7. The number of carbonyl (C=O) groups is 1. The van der Waals surface area contributed by atoms with Crippen LogP contribution in [-0.4, -0.2) is 54.2 Å². The van der Waals surface area contributed by atoms with Gasteiger partial charge in [0.15, 0.2) is 11.7 Å². The lowest BCUT2D eigenvalue weighted by atomic mass is 10.1. The minimum atomic E-state index is -0.314. The minimum absolute atomic E-state index is 0.0722. The summed E-state index contributed by atoms with van der Waals surface area (Å²) in [4.78, 5) is 15.4. The van der Waals surface area contributed by atoms with E-state index in [2.05, 4.69) is 15.5 Å². The second-order valence-electron chi connectivity index (χ2n) is 7.48. The number of halogens is 1. The zero-order valence-electron chi connectivity index (χ0n) is 15.2. The highest BCUT2D eigenvalue weighted by Crippen LogP contribution is 2.13. The van der Waals surface area contributed by atoms with Gasteiger partial charge in [0.1, 0.15) is 5.82 Å². The highest BCUT2D eigenvalue weighted by molar-refractivity contribution is 7.80. The van der Waals surface area contributed by atoms with Crippen LogP contribution in [0.3, 0.4) is 0 Å². The summed E-state index contributed by atoms with van der Waals surface area (Å²) in [6.45, 7) is 9.74. The van der Waals surface area contributed by atoms with Crippen LogP contribution in [0.2, 0.25) is 0 Å². The number of amides is 1. The summed E-state index contributed by atoms with van der Waals surface area (Å²) >= 11 is 5.43. The maximum Gasteiger partial charge on any atom is 0.275 e. The molecule has 1 amide bonds. The molecule has 2 rings (SSSR count). The molecule has 0 radical (unpaired) electrons. The minimum Gasteiger partial charge on any atom is -0.347 e. The molecule has 0 saturated carbocycles. The smallest absolute Gasteiger partial charge is 0.275 e. The molecule has 1 fully saturated rings. The Morgan fingerprint density at radius 2 is 2.00 bits per heavy atom. The summed E-state index contributed by atoms with van der Waals surface area (Å²) < 4.78 is 13.7. The van der Waals surface area contributed by atoms with Crippen molar-refractivity contribution in [1.29, 1.82) is 0 Å². The van der Waals surface area contributed by atoms with E-state index in [9.17, 15) is 9.18 Å². The van der Waals surface area contributed by atoms with E-state index in [0.29, 0.717) is 17.3 Å². The molecule has 1 unspecified atom stereocenters. The average molecular weight is 368 g/mol. The summed E-state index contributed by atoms with van der Waals surface area (Å²) in [5.74, 6) is -0.242. The molecule has 3 N–H and O–H groups in total. The molecule has 5 nitrogen and oxygen atoms in total. The highest BCUT2D eigenvalue weighted by Gasteiger charge is 2.23. The van der Waals surface area contributed by atoms with Gasteiger partial charge < -0.3 is 20.4 Å². The Hall–Kier alpha value is -1.73. The van der Waals surface area contributed by atoms with Crippen LogP contribution in [-0.2, 0) is 4.79 Å². The molecule has 0 bridgehead atoms. The van der Waals surface area contributed by atoms with E-state index in [1.807, 2.05) is 20.8 Å². The molecule has 1 saturated heterocycles. The van der Waals surface area contributed by atoms with Crippen molar-refractivity contribution >= 4 is 28.9 Å². The topological polar surface area (TPSA) is 48.8 Å². The van der Waals surface area contributed by atoms with Crippen molar-refractivity contribution in [2.24, 2.45) is 0 Å². The third-order valence-corrected chi connectivity index (χ3v) is 4.38. The Balaban J connectivity index is 1.85. The number of benzene rings is 1. The first-order chi connectivity index (χ1) is 11.7. The van der Waals surface area contributed by atoms with E-state index in [4.69, 9.17) is 12.2 Å². The quantitative estimate of drug-likeness (QED) is 0.699. The van der Waals surface area contributed by atoms with Gasteiger partial charge in [0.2, 0.25) is 0 Å². The van der Waals surface area contributed by atoms with Gasteiger partial charge in [0, 0.05) is 18.5 Å². The van der Waals surface area contributed by atoms with Gasteiger partial charge in [-0.15, -0.1) is 0 Å². The van der Waals surface area contributed by atoms with Crippen LogP contribution in [0.15, 0.2) is 24.3 Å². The second kappa shape index (κ2) is 8.58. The van der Waals surface area contributed by atoms with Crippen molar-refractivity contribution in [3.05, 3.63) is 30.1 Å². The number of rotatable bonds is 3. The van der Waals surface area contributed by atoms with Gasteiger partial charge in [-0.25, -0.2) is 4.39 Å². The third kappa shape index (κ3) is 6.59. The number of hydrogen-bond acceptors (Lipinski definition) is 2. The lowest BCUT2D eigenvalue weighted by Crippen LogP contribution is -3.13. The van der Waals surface area contributed by atoms with Crippen LogP contribution in [0.1, 0.15) is 27.2 Å². The molecular formula is C18H28FN4OS+. The number of nitrogens with one attached hydrogen (secondary N) is 3. The molecule has 0 spiro atoms. The fourth-order valence-corrected chi connectivity index (χ4v) is 3.17. The molecule has 1 aromatic carbocycles. The first-order valence-corrected chi connectivity index (χ1v) is 9.10. The molecule has 0 aromatic heterocycles. The first-order valence-electron chi connectivity index (χ1n) is 8.69. The zero-order valence-corrected chi connectivity index (χ0v) is 16.0. The van der Waals surface area contributed by atoms with Gasteiger partial charge in [0.25, 0.3) is 5.91 Å². The van der Waals surface area contributed by atoms with Crippen LogP contribution in [0.4, 0.5) is 10.1 Å². The van der Waals surface area contributed by atoms with Crippen molar-refractivity contribution in [3.8, 4) is 0 Å². The number of carbonyl (C=O) groups excluding carboxylic acids is 1. The zero-order chi connectivity index (χ0) is 18.4. The van der Waals surface area contributed by atoms with Gasteiger partial charge in [-0.3, -0.25) is 4.79 Å². The van der Waals surface area contributed by atoms with E-state index in [-0.39, 0.29) is 17.3 Å². The largest absolute Gasteiger partial charge is 0.347 e. The second-order valence-corrected chi connectivity index (χ2v) is 7.86. The predicted octanol–water partition coefficient (Wildman–Crippen LogP) is 1.03. The maximum atomic E-state index is 13.7. The number of anilines is 1. The Morgan fingerprint density at radius 1 is 1.28 bits per heavy atom. The molecule has 1 aliphatic rings. The fraction of sp³-hybridized carbons (Fsp3) is 0.556. The van der Waals surface area contributed by atoms with Crippen LogP contribution in [0, 0.1) is 5.82 Å². The van der Waals surface area contributed by atoms with Gasteiger partial charge in [-0.2, -0.15) is 0 Å². The molecule has 1 aliphatic heterocycles. The monoisotopic (exact) mass is 367 g/mol. The van der Waals surface area contributed by atoms with Gasteiger partial charge in [0.05, 0.1) is 25.3 Å². The molecule has 1 aromatic rings. The van der Waals surface area contributed by atoms with E-state index < -0.39 is 0 Å².